The maximum absolute atomic E-state index is 11.4. The van der Waals surface area contributed by atoms with E-state index in [1.807, 2.05) is 18.5 Å². The van der Waals surface area contributed by atoms with Crippen LogP contribution in [0.3, 0.4) is 0 Å². The van der Waals surface area contributed by atoms with Gasteiger partial charge in [-0.25, -0.2) is 5.90 Å². The highest BCUT2D eigenvalue weighted by molar-refractivity contribution is 5.22. The van der Waals surface area contributed by atoms with Gasteiger partial charge in [-0.05, 0) is 13.8 Å². The van der Waals surface area contributed by atoms with E-state index in [4.69, 9.17) is 5.90 Å². The Morgan fingerprint density at radius 3 is 2.69 bits per heavy atom. The number of nitrogens with zero attached hydrogens (tertiary/aromatic N) is 1. The summed E-state index contributed by atoms with van der Waals surface area (Å²) in [5.74, 6) is 4.98. The van der Waals surface area contributed by atoms with Gasteiger partial charge >= 0.3 is 0 Å². The quantitative estimate of drug-likeness (QED) is 0.673. The maximum atomic E-state index is 11.4. The largest absolute Gasteiger partial charge is 0.349 e. The molecule has 4 heteroatoms. The van der Waals surface area contributed by atoms with Crippen molar-refractivity contribution in [3.8, 4) is 0 Å². The summed E-state index contributed by atoms with van der Waals surface area (Å²) in [6, 6.07) is 1.61. The van der Waals surface area contributed by atoms with Gasteiger partial charge < -0.3 is 4.57 Å². The second kappa shape index (κ2) is 3.72. The minimum absolute atomic E-state index is 0.0302. The minimum Gasteiger partial charge on any atom is -0.349 e. The molecule has 1 rings (SSSR count). The lowest BCUT2D eigenvalue weighted by Gasteiger charge is -2.13. The Bertz CT molecular complexity index is 369. The second-order valence-electron chi connectivity index (χ2n) is 3.09. The summed E-state index contributed by atoms with van der Waals surface area (Å²) in [6.07, 6.45) is 0. The topological polar surface area (TPSA) is 57.2 Å². The average Bonchev–Trinajstić information content (AvgIpc) is 2.09. The Balaban J connectivity index is 3.37. The highest BCUT2D eigenvalue weighted by Gasteiger charge is 2.06. The van der Waals surface area contributed by atoms with Gasteiger partial charge in [-0.3, -0.25) is 9.63 Å². The standard InChI is InChI=1S/C9H14N2O2/c1-6-4-9(12)7(2)8(5-13-10)11(6)3/h4H,5,10H2,1-3H3. The van der Waals surface area contributed by atoms with Gasteiger partial charge in [0.1, 0.15) is 6.61 Å². The van der Waals surface area contributed by atoms with E-state index in [9.17, 15) is 4.79 Å². The van der Waals surface area contributed by atoms with Crippen LogP contribution in [0, 0.1) is 13.8 Å². The molecule has 0 unspecified atom stereocenters. The lowest BCUT2D eigenvalue weighted by molar-refractivity contribution is 0.118. The fraction of sp³-hybridized carbons (Fsp3) is 0.444. The summed E-state index contributed by atoms with van der Waals surface area (Å²) in [4.78, 5) is 15.9. The highest BCUT2D eigenvalue weighted by atomic mass is 16.6. The normalized spacial score (nSPS) is 10.5. The zero-order valence-corrected chi connectivity index (χ0v) is 8.13. The molecule has 0 atom stereocenters. The van der Waals surface area contributed by atoms with Crippen molar-refractivity contribution in [3.05, 3.63) is 33.2 Å². The summed E-state index contributed by atoms with van der Waals surface area (Å²) < 4.78 is 1.91. The van der Waals surface area contributed by atoms with E-state index >= 15 is 0 Å². The molecule has 13 heavy (non-hydrogen) atoms. The number of hydrogen-bond donors (Lipinski definition) is 1. The van der Waals surface area contributed by atoms with Gasteiger partial charge in [0.2, 0.25) is 0 Å². The molecule has 0 fully saturated rings. The van der Waals surface area contributed by atoms with E-state index in [0.29, 0.717) is 5.56 Å². The monoisotopic (exact) mass is 182 g/mol. The lowest BCUT2D eigenvalue weighted by atomic mass is 10.2. The van der Waals surface area contributed by atoms with Crippen LogP contribution in [-0.2, 0) is 18.5 Å². The van der Waals surface area contributed by atoms with Crippen molar-refractivity contribution in [1.82, 2.24) is 4.57 Å². The van der Waals surface area contributed by atoms with Crippen molar-refractivity contribution in [3.63, 3.8) is 0 Å². The van der Waals surface area contributed by atoms with Crippen molar-refractivity contribution in [1.29, 1.82) is 0 Å². The zero-order valence-electron chi connectivity index (χ0n) is 8.13. The molecule has 1 heterocycles. The summed E-state index contributed by atoms with van der Waals surface area (Å²) in [6.45, 7) is 3.91. The number of aryl methyl sites for hydroxylation is 1. The fourth-order valence-corrected chi connectivity index (χ4v) is 1.29. The van der Waals surface area contributed by atoms with Gasteiger partial charge in [0.05, 0.1) is 5.69 Å². The molecule has 0 aliphatic heterocycles. The lowest BCUT2D eigenvalue weighted by Crippen LogP contribution is -2.18. The number of aromatic nitrogens is 1. The van der Waals surface area contributed by atoms with Crippen molar-refractivity contribution in [2.24, 2.45) is 12.9 Å². The third kappa shape index (κ3) is 1.79. The summed E-state index contributed by atoms with van der Waals surface area (Å²) in [7, 11) is 1.89. The smallest absolute Gasteiger partial charge is 0.185 e. The van der Waals surface area contributed by atoms with Crippen LogP contribution in [0.4, 0.5) is 0 Å². The predicted octanol–water partition coefficient (Wildman–Crippen LogP) is 0.392. The first-order valence-corrected chi connectivity index (χ1v) is 4.05. The Labute approximate surface area is 76.9 Å². The number of rotatable bonds is 2. The van der Waals surface area contributed by atoms with Gasteiger partial charge in [0.15, 0.2) is 5.43 Å². The molecule has 0 saturated heterocycles. The molecule has 0 bridgehead atoms. The number of nitrogens with two attached hydrogens (primary N) is 1. The molecule has 0 amide bonds. The van der Waals surface area contributed by atoms with Crippen LogP contribution >= 0.6 is 0 Å². The van der Waals surface area contributed by atoms with Crippen LogP contribution in [0.15, 0.2) is 10.9 Å². The predicted molar refractivity (Wildman–Crippen MR) is 50.1 cm³/mol. The molecule has 72 valence electrons. The maximum Gasteiger partial charge on any atom is 0.185 e. The zero-order chi connectivity index (χ0) is 10.0. The highest BCUT2D eigenvalue weighted by Crippen LogP contribution is 2.05. The van der Waals surface area contributed by atoms with Crippen LogP contribution < -0.4 is 11.3 Å². The van der Waals surface area contributed by atoms with Crippen LogP contribution in [0.1, 0.15) is 17.0 Å². The van der Waals surface area contributed by atoms with Crippen molar-refractivity contribution < 1.29 is 4.84 Å². The third-order valence-corrected chi connectivity index (χ3v) is 2.30. The number of pyridine rings is 1. The molecule has 0 aromatic carbocycles. The third-order valence-electron chi connectivity index (χ3n) is 2.30. The fourth-order valence-electron chi connectivity index (χ4n) is 1.29. The molecule has 0 radical (unpaired) electrons. The Hall–Kier alpha value is -1.13. The molecule has 0 aliphatic carbocycles. The van der Waals surface area contributed by atoms with Crippen LogP contribution in [0.5, 0.6) is 0 Å². The van der Waals surface area contributed by atoms with Gasteiger partial charge in [-0.1, -0.05) is 0 Å². The minimum atomic E-state index is 0.0302. The Morgan fingerprint density at radius 1 is 1.54 bits per heavy atom. The van der Waals surface area contributed by atoms with Crippen molar-refractivity contribution in [2.75, 3.05) is 0 Å². The van der Waals surface area contributed by atoms with Crippen LogP contribution in [0.25, 0.3) is 0 Å². The first-order chi connectivity index (χ1) is 6.07. The van der Waals surface area contributed by atoms with Gasteiger partial charge in [-0.15, -0.1) is 0 Å². The molecule has 1 aromatic heterocycles. The molecule has 4 nitrogen and oxygen atoms in total. The molecular formula is C9H14N2O2. The SMILES string of the molecule is Cc1c(CON)n(C)c(C)cc1=O. The first-order valence-electron chi connectivity index (χ1n) is 4.05. The molecular weight excluding hydrogens is 168 g/mol. The molecule has 2 N–H and O–H groups in total. The summed E-state index contributed by atoms with van der Waals surface area (Å²) in [5, 5.41) is 0. The molecule has 0 spiro atoms. The summed E-state index contributed by atoms with van der Waals surface area (Å²) >= 11 is 0. The number of hydrogen-bond acceptors (Lipinski definition) is 3. The van der Waals surface area contributed by atoms with E-state index in [1.54, 1.807) is 13.0 Å². The van der Waals surface area contributed by atoms with E-state index in [2.05, 4.69) is 4.84 Å². The summed E-state index contributed by atoms with van der Waals surface area (Å²) in [5.41, 5.74) is 2.45. The van der Waals surface area contributed by atoms with Gasteiger partial charge in [0.25, 0.3) is 0 Å². The molecule has 0 saturated carbocycles. The molecule has 1 aromatic rings. The van der Waals surface area contributed by atoms with E-state index in [-0.39, 0.29) is 12.0 Å². The van der Waals surface area contributed by atoms with Crippen molar-refractivity contribution in [2.45, 2.75) is 20.5 Å². The average molecular weight is 182 g/mol. The van der Waals surface area contributed by atoms with E-state index in [0.717, 1.165) is 11.4 Å². The Morgan fingerprint density at radius 2 is 2.15 bits per heavy atom. The Kier molecular flexibility index (Phi) is 2.85. The van der Waals surface area contributed by atoms with E-state index in [1.165, 1.54) is 0 Å². The second-order valence-corrected chi connectivity index (χ2v) is 3.09. The first kappa shape index (κ1) is 9.95. The molecule has 0 aliphatic rings. The van der Waals surface area contributed by atoms with E-state index < -0.39 is 0 Å². The van der Waals surface area contributed by atoms with Crippen molar-refractivity contribution >= 4 is 0 Å². The van der Waals surface area contributed by atoms with Crippen LogP contribution in [-0.4, -0.2) is 4.57 Å². The van der Waals surface area contributed by atoms with Gasteiger partial charge in [-0.2, -0.15) is 0 Å². The van der Waals surface area contributed by atoms with Crippen LogP contribution in [0.2, 0.25) is 0 Å². The van der Waals surface area contributed by atoms with Gasteiger partial charge in [0, 0.05) is 24.4 Å².